The van der Waals surface area contributed by atoms with E-state index in [1.165, 1.54) is 5.56 Å². The number of hydrogen-bond acceptors (Lipinski definition) is 5. The summed E-state index contributed by atoms with van der Waals surface area (Å²) >= 11 is 0. The molecule has 0 saturated carbocycles. The number of anilines is 1. The van der Waals surface area contributed by atoms with Crippen LogP contribution in [0.2, 0.25) is 0 Å². The van der Waals surface area contributed by atoms with Crippen LogP contribution < -0.4 is 9.64 Å². The molecule has 1 unspecified atom stereocenters. The number of benzene rings is 1. The lowest BCUT2D eigenvalue weighted by molar-refractivity contribution is 0.215. The van der Waals surface area contributed by atoms with E-state index in [1.807, 2.05) is 18.2 Å². The third-order valence-corrected chi connectivity index (χ3v) is 3.98. The second-order valence-corrected chi connectivity index (χ2v) is 5.23. The van der Waals surface area contributed by atoms with E-state index in [4.69, 9.17) is 4.74 Å². The van der Waals surface area contributed by atoms with Crippen molar-refractivity contribution >= 4 is 5.95 Å². The van der Waals surface area contributed by atoms with E-state index in [9.17, 15) is 0 Å². The maximum Gasteiger partial charge on any atom is 0.225 e. The van der Waals surface area contributed by atoms with Crippen molar-refractivity contribution in [3.8, 4) is 5.75 Å². The molecule has 1 fully saturated rings. The Bertz CT molecular complexity index is 590. The Kier molecular flexibility index (Phi) is 4.01. The molecule has 1 aliphatic heterocycles. The van der Waals surface area contributed by atoms with Gasteiger partial charge in [0.2, 0.25) is 5.95 Å². The molecule has 5 heteroatoms. The highest BCUT2D eigenvalue weighted by Crippen LogP contribution is 2.31. The summed E-state index contributed by atoms with van der Waals surface area (Å²) in [5.74, 6) is 1.73. The highest BCUT2D eigenvalue weighted by atomic mass is 16.5. The monoisotopic (exact) mass is 284 g/mol. The molecule has 2 aromatic rings. The molecule has 0 spiro atoms. The normalized spacial score (nSPS) is 19.5. The highest BCUT2D eigenvalue weighted by Gasteiger charge is 2.28. The van der Waals surface area contributed by atoms with Gasteiger partial charge in [0.15, 0.2) is 0 Å². The summed E-state index contributed by atoms with van der Waals surface area (Å²) in [5.41, 5.74) is 1.21. The Morgan fingerprint density at radius 2 is 1.86 bits per heavy atom. The maximum absolute atomic E-state index is 5.51. The number of likely N-dealkylation sites (N-methyl/N-ethyl adjacent to an activating group) is 1. The first-order valence-electron chi connectivity index (χ1n) is 7.14. The van der Waals surface area contributed by atoms with Gasteiger partial charge in [-0.05, 0) is 19.2 Å². The van der Waals surface area contributed by atoms with Crippen molar-refractivity contribution in [1.29, 1.82) is 0 Å². The minimum Gasteiger partial charge on any atom is -0.496 e. The number of nitrogens with zero attached hydrogens (tertiary/aromatic N) is 4. The minimum atomic E-state index is 0.277. The average Bonchev–Trinajstić information content (AvgIpc) is 2.56. The first-order valence-corrected chi connectivity index (χ1v) is 7.14. The average molecular weight is 284 g/mol. The van der Waals surface area contributed by atoms with Crippen molar-refractivity contribution in [2.45, 2.75) is 6.04 Å². The first kappa shape index (κ1) is 13.8. The smallest absolute Gasteiger partial charge is 0.225 e. The number of para-hydroxylation sites is 1. The molecular formula is C16H20N4O. The predicted molar refractivity (Wildman–Crippen MR) is 82.6 cm³/mol. The lowest BCUT2D eigenvalue weighted by Gasteiger charge is -2.40. The fourth-order valence-corrected chi connectivity index (χ4v) is 2.79. The van der Waals surface area contributed by atoms with Gasteiger partial charge in [-0.3, -0.25) is 4.90 Å². The number of aromatic nitrogens is 2. The summed E-state index contributed by atoms with van der Waals surface area (Å²) in [5, 5.41) is 0. The minimum absolute atomic E-state index is 0.277. The van der Waals surface area contributed by atoms with Crippen LogP contribution in [0.5, 0.6) is 5.75 Å². The first-order chi connectivity index (χ1) is 10.3. The standard InChI is InChI=1S/C16H20N4O/c1-19-10-11-20(16-17-8-5-9-18-16)12-14(19)13-6-3-4-7-15(13)21-2/h3-9,14H,10-12H2,1-2H3. The van der Waals surface area contributed by atoms with Gasteiger partial charge in [-0.25, -0.2) is 9.97 Å². The Labute approximate surface area is 125 Å². The van der Waals surface area contributed by atoms with Crippen LogP contribution in [-0.4, -0.2) is 48.7 Å². The molecule has 21 heavy (non-hydrogen) atoms. The van der Waals surface area contributed by atoms with E-state index in [-0.39, 0.29) is 6.04 Å². The highest BCUT2D eigenvalue weighted by molar-refractivity contribution is 5.39. The predicted octanol–water partition coefficient (Wildman–Crippen LogP) is 1.98. The number of rotatable bonds is 3. The van der Waals surface area contributed by atoms with Crippen LogP contribution in [0.1, 0.15) is 11.6 Å². The lowest BCUT2D eigenvalue weighted by Crippen LogP contribution is -2.47. The van der Waals surface area contributed by atoms with E-state index in [0.717, 1.165) is 31.3 Å². The van der Waals surface area contributed by atoms with Gasteiger partial charge in [-0.15, -0.1) is 0 Å². The van der Waals surface area contributed by atoms with Crippen LogP contribution in [-0.2, 0) is 0 Å². The molecule has 5 nitrogen and oxygen atoms in total. The van der Waals surface area contributed by atoms with E-state index in [2.05, 4.69) is 38.9 Å². The van der Waals surface area contributed by atoms with Gasteiger partial charge in [0, 0.05) is 37.6 Å². The molecule has 0 aliphatic carbocycles. The van der Waals surface area contributed by atoms with Gasteiger partial charge in [0.05, 0.1) is 13.2 Å². The van der Waals surface area contributed by atoms with Crippen LogP contribution in [0, 0.1) is 0 Å². The summed E-state index contributed by atoms with van der Waals surface area (Å²) < 4.78 is 5.51. The SMILES string of the molecule is COc1ccccc1C1CN(c2ncccn2)CCN1C. The van der Waals surface area contributed by atoms with Gasteiger partial charge >= 0.3 is 0 Å². The molecule has 1 aromatic carbocycles. The van der Waals surface area contributed by atoms with Crippen molar-refractivity contribution in [2.75, 3.05) is 38.7 Å². The molecule has 1 aromatic heterocycles. The third-order valence-electron chi connectivity index (χ3n) is 3.98. The van der Waals surface area contributed by atoms with Crippen LogP contribution in [0.3, 0.4) is 0 Å². The van der Waals surface area contributed by atoms with Gasteiger partial charge < -0.3 is 9.64 Å². The molecule has 1 aliphatic rings. The zero-order valence-electron chi connectivity index (χ0n) is 12.4. The summed E-state index contributed by atoms with van der Waals surface area (Å²) in [7, 11) is 3.88. The van der Waals surface area contributed by atoms with E-state index in [1.54, 1.807) is 19.5 Å². The number of hydrogen-bond donors (Lipinski definition) is 0. The summed E-state index contributed by atoms with van der Waals surface area (Å²) in [6.07, 6.45) is 3.58. The molecule has 1 atom stereocenters. The Balaban J connectivity index is 1.87. The summed E-state index contributed by atoms with van der Waals surface area (Å²) in [4.78, 5) is 13.3. The van der Waals surface area contributed by atoms with Crippen molar-refractivity contribution < 1.29 is 4.74 Å². The zero-order valence-corrected chi connectivity index (χ0v) is 12.4. The molecule has 0 bridgehead atoms. The molecule has 110 valence electrons. The molecule has 0 radical (unpaired) electrons. The van der Waals surface area contributed by atoms with Crippen LogP contribution >= 0.6 is 0 Å². The van der Waals surface area contributed by atoms with Gasteiger partial charge in [-0.2, -0.15) is 0 Å². The van der Waals surface area contributed by atoms with Gasteiger partial charge in [0.1, 0.15) is 5.75 Å². The quantitative estimate of drug-likeness (QED) is 0.862. The Morgan fingerprint density at radius 3 is 2.62 bits per heavy atom. The van der Waals surface area contributed by atoms with Crippen LogP contribution in [0.15, 0.2) is 42.7 Å². The van der Waals surface area contributed by atoms with E-state index >= 15 is 0 Å². The van der Waals surface area contributed by atoms with Crippen molar-refractivity contribution in [1.82, 2.24) is 14.9 Å². The summed E-state index contributed by atoms with van der Waals surface area (Å²) in [6, 6.07) is 10.3. The maximum atomic E-state index is 5.51. The lowest BCUT2D eigenvalue weighted by atomic mass is 10.0. The molecule has 0 N–H and O–H groups in total. The van der Waals surface area contributed by atoms with Crippen LogP contribution in [0.4, 0.5) is 5.95 Å². The van der Waals surface area contributed by atoms with Gasteiger partial charge in [0.25, 0.3) is 0 Å². The second-order valence-electron chi connectivity index (χ2n) is 5.23. The second kappa shape index (κ2) is 6.10. The molecule has 3 rings (SSSR count). The fraction of sp³-hybridized carbons (Fsp3) is 0.375. The zero-order chi connectivity index (χ0) is 14.7. The Hall–Kier alpha value is -2.14. The third kappa shape index (κ3) is 2.83. The van der Waals surface area contributed by atoms with Gasteiger partial charge in [-0.1, -0.05) is 18.2 Å². The molecule has 0 amide bonds. The van der Waals surface area contributed by atoms with Crippen molar-refractivity contribution in [3.63, 3.8) is 0 Å². The van der Waals surface area contributed by atoms with Crippen LogP contribution in [0.25, 0.3) is 0 Å². The number of piperazine rings is 1. The number of ether oxygens (including phenoxy) is 1. The molecule has 2 heterocycles. The topological polar surface area (TPSA) is 41.5 Å². The largest absolute Gasteiger partial charge is 0.496 e. The molecule has 1 saturated heterocycles. The number of methoxy groups -OCH3 is 1. The summed E-state index contributed by atoms with van der Waals surface area (Å²) in [6.45, 7) is 2.77. The van der Waals surface area contributed by atoms with Crippen molar-refractivity contribution in [2.24, 2.45) is 0 Å². The van der Waals surface area contributed by atoms with E-state index in [0.29, 0.717) is 0 Å². The fourth-order valence-electron chi connectivity index (χ4n) is 2.79. The molecular weight excluding hydrogens is 264 g/mol. The Morgan fingerprint density at radius 1 is 1.10 bits per heavy atom. The van der Waals surface area contributed by atoms with E-state index < -0.39 is 0 Å². The van der Waals surface area contributed by atoms with Crippen molar-refractivity contribution in [3.05, 3.63) is 48.3 Å².